The Kier molecular flexibility index (Phi) is 5.20. The molecule has 0 unspecified atom stereocenters. The Morgan fingerprint density at radius 3 is 2.83 bits per heavy atom. The van der Waals surface area contributed by atoms with Crippen molar-refractivity contribution in [3.05, 3.63) is 18.3 Å². The van der Waals surface area contributed by atoms with Crippen LogP contribution in [-0.4, -0.2) is 35.1 Å². The van der Waals surface area contributed by atoms with Crippen LogP contribution in [0.2, 0.25) is 0 Å². The van der Waals surface area contributed by atoms with Crippen molar-refractivity contribution in [3.63, 3.8) is 0 Å². The number of fused-ring (bicyclic) bond motifs is 1. The van der Waals surface area contributed by atoms with Crippen LogP contribution < -0.4 is 10.2 Å². The fraction of sp³-hybridized carbons (Fsp3) is 0.588. The third-order valence-corrected chi connectivity index (χ3v) is 5.75. The SMILES string of the molecule is CN1C(=O)[C@H](CC(=O)NC2CCCCCC2)Sc2ncccc21. The molecular formula is C17H23N3O2S. The van der Waals surface area contributed by atoms with E-state index >= 15 is 0 Å². The summed E-state index contributed by atoms with van der Waals surface area (Å²) >= 11 is 1.40. The number of nitrogens with one attached hydrogen (secondary N) is 1. The van der Waals surface area contributed by atoms with Crippen LogP contribution in [0.4, 0.5) is 5.69 Å². The molecule has 6 heteroatoms. The van der Waals surface area contributed by atoms with Gasteiger partial charge in [0.2, 0.25) is 11.8 Å². The van der Waals surface area contributed by atoms with Gasteiger partial charge in [-0.15, -0.1) is 0 Å². The van der Waals surface area contributed by atoms with Gasteiger partial charge in [-0.1, -0.05) is 37.4 Å². The van der Waals surface area contributed by atoms with Gasteiger partial charge < -0.3 is 10.2 Å². The lowest BCUT2D eigenvalue weighted by molar-refractivity contribution is -0.125. The minimum Gasteiger partial charge on any atom is -0.353 e. The van der Waals surface area contributed by atoms with Crippen LogP contribution in [-0.2, 0) is 9.59 Å². The molecule has 1 fully saturated rings. The molecule has 1 N–H and O–H groups in total. The molecule has 1 saturated carbocycles. The molecule has 1 aromatic rings. The Labute approximate surface area is 141 Å². The average molecular weight is 333 g/mol. The summed E-state index contributed by atoms with van der Waals surface area (Å²) in [5.74, 6) is -0.0398. The number of nitrogens with zero attached hydrogens (tertiary/aromatic N) is 2. The van der Waals surface area contributed by atoms with E-state index in [9.17, 15) is 9.59 Å². The highest BCUT2D eigenvalue weighted by atomic mass is 32.2. The number of hydrogen-bond donors (Lipinski definition) is 1. The molecule has 3 rings (SSSR count). The van der Waals surface area contributed by atoms with Crippen molar-refractivity contribution < 1.29 is 9.59 Å². The first-order chi connectivity index (χ1) is 11.1. The van der Waals surface area contributed by atoms with Crippen LogP contribution in [0.1, 0.15) is 44.9 Å². The molecule has 5 nitrogen and oxygen atoms in total. The van der Waals surface area contributed by atoms with Crippen LogP contribution in [0, 0.1) is 0 Å². The maximum absolute atomic E-state index is 12.5. The predicted octanol–water partition coefficient (Wildman–Crippen LogP) is 2.75. The van der Waals surface area contributed by atoms with E-state index in [4.69, 9.17) is 0 Å². The van der Waals surface area contributed by atoms with E-state index in [-0.39, 0.29) is 29.5 Å². The zero-order chi connectivity index (χ0) is 16.2. The number of thioether (sulfide) groups is 1. The van der Waals surface area contributed by atoms with Gasteiger partial charge in [-0.25, -0.2) is 4.98 Å². The third-order valence-electron chi connectivity index (χ3n) is 4.56. The van der Waals surface area contributed by atoms with Gasteiger partial charge in [0, 0.05) is 25.7 Å². The number of rotatable bonds is 3. The van der Waals surface area contributed by atoms with Gasteiger partial charge in [0.05, 0.1) is 10.9 Å². The summed E-state index contributed by atoms with van der Waals surface area (Å²) in [5.41, 5.74) is 0.822. The first kappa shape index (κ1) is 16.3. The van der Waals surface area contributed by atoms with Crippen molar-refractivity contribution in [2.75, 3.05) is 11.9 Å². The van der Waals surface area contributed by atoms with Crippen LogP contribution >= 0.6 is 11.8 Å². The summed E-state index contributed by atoms with van der Waals surface area (Å²) in [5, 5.41) is 3.56. The summed E-state index contributed by atoms with van der Waals surface area (Å²) in [7, 11) is 1.75. The Morgan fingerprint density at radius 1 is 1.35 bits per heavy atom. The van der Waals surface area contributed by atoms with E-state index in [1.807, 2.05) is 12.1 Å². The Bertz CT molecular complexity index is 585. The van der Waals surface area contributed by atoms with Crippen molar-refractivity contribution in [3.8, 4) is 0 Å². The predicted molar refractivity (Wildman–Crippen MR) is 91.5 cm³/mol. The molecule has 2 aliphatic rings. The number of amides is 2. The molecule has 1 aliphatic carbocycles. The van der Waals surface area contributed by atoms with Gasteiger partial charge in [-0.05, 0) is 25.0 Å². The number of hydrogen-bond acceptors (Lipinski definition) is 4. The van der Waals surface area contributed by atoms with Gasteiger partial charge in [0.25, 0.3) is 0 Å². The second-order valence-electron chi connectivity index (χ2n) is 6.29. The number of carbonyl (C=O) groups excluding carboxylic acids is 2. The molecule has 0 spiro atoms. The molecule has 0 radical (unpaired) electrons. The van der Waals surface area contributed by atoms with E-state index in [2.05, 4.69) is 10.3 Å². The van der Waals surface area contributed by atoms with Gasteiger partial charge in [0.1, 0.15) is 5.03 Å². The molecule has 124 valence electrons. The van der Waals surface area contributed by atoms with Crippen LogP contribution in [0.15, 0.2) is 23.4 Å². The number of anilines is 1. The highest BCUT2D eigenvalue weighted by Gasteiger charge is 2.33. The molecule has 23 heavy (non-hydrogen) atoms. The summed E-state index contributed by atoms with van der Waals surface area (Å²) in [6.45, 7) is 0. The van der Waals surface area contributed by atoms with E-state index in [1.54, 1.807) is 18.1 Å². The first-order valence-corrected chi connectivity index (χ1v) is 9.21. The second kappa shape index (κ2) is 7.34. The van der Waals surface area contributed by atoms with Crippen molar-refractivity contribution in [1.29, 1.82) is 0 Å². The maximum Gasteiger partial charge on any atom is 0.240 e. The van der Waals surface area contributed by atoms with Crippen molar-refractivity contribution in [1.82, 2.24) is 10.3 Å². The quantitative estimate of drug-likeness (QED) is 0.864. The number of pyridine rings is 1. The Morgan fingerprint density at radius 2 is 2.09 bits per heavy atom. The Balaban J connectivity index is 1.61. The van der Waals surface area contributed by atoms with Crippen molar-refractivity contribution >= 4 is 29.3 Å². The van der Waals surface area contributed by atoms with Crippen molar-refractivity contribution in [2.24, 2.45) is 0 Å². The van der Waals surface area contributed by atoms with Gasteiger partial charge >= 0.3 is 0 Å². The lowest BCUT2D eigenvalue weighted by Gasteiger charge is -2.30. The fourth-order valence-electron chi connectivity index (χ4n) is 3.26. The summed E-state index contributed by atoms with van der Waals surface area (Å²) in [6, 6.07) is 3.98. The van der Waals surface area contributed by atoms with E-state index in [0.717, 1.165) is 23.6 Å². The van der Waals surface area contributed by atoms with Crippen molar-refractivity contribution in [2.45, 2.75) is 61.3 Å². The third kappa shape index (κ3) is 3.86. The molecule has 0 saturated heterocycles. The lowest BCUT2D eigenvalue weighted by Crippen LogP contribution is -2.42. The topological polar surface area (TPSA) is 62.3 Å². The first-order valence-electron chi connectivity index (χ1n) is 8.34. The largest absolute Gasteiger partial charge is 0.353 e. The smallest absolute Gasteiger partial charge is 0.240 e. The zero-order valence-electron chi connectivity index (χ0n) is 13.5. The summed E-state index contributed by atoms with van der Waals surface area (Å²) in [6.07, 6.45) is 8.94. The average Bonchev–Trinajstić information content (AvgIpc) is 2.81. The number of carbonyl (C=O) groups is 2. The van der Waals surface area contributed by atoms with Gasteiger partial charge in [-0.3, -0.25) is 9.59 Å². The molecule has 2 heterocycles. The minimum absolute atomic E-state index is 0.0180. The summed E-state index contributed by atoms with van der Waals surface area (Å²) in [4.78, 5) is 30.7. The van der Waals surface area contributed by atoms with Gasteiger partial charge in [0.15, 0.2) is 0 Å². The Hall–Kier alpha value is -1.56. The molecule has 1 aromatic heterocycles. The number of aromatic nitrogens is 1. The van der Waals surface area contributed by atoms with E-state index in [1.165, 1.54) is 37.4 Å². The molecule has 1 aliphatic heterocycles. The van der Waals surface area contributed by atoms with Gasteiger partial charge in [-0.2, -0.15) is 0 Å². The zero-order valence-corrected chi connectivity index (χ0v) is 14.3. The molecule has 1 atom stereocenters. The minimum atomic E-state index is -0.381. The normalized spacial score (nSPS) is 22.4. The standard InChI is InChI=1S/C17H23N3O2S/c1-20-13-9-6-10-18-16(13)23-14(17(20)22)11-15(21)19-12-7-4-2-3-5-8-12/h6,9-10,12,14H,2-5,7-8,11H2,1H3,(H,19,21)/t14-/m0/s1. The highest BCUT2D eigenvalue weighted by Crippen LogP contribution is 2.37. The molecular weight excluding hydrogens is 310 g/mol. The maximum atomic E-state index is 12.5. The van der Waals surface area contributed by atoms with Crippen LogP contribution in [0.5, 0.6) is 0 Å². The molecule has 2 amide bonds. The van der Waals surface area contributed by atoms with E-state index in [0.29, 0.717) is 0 Å². The second-order valence-corrected chi connectivity index (χ2v) is 7.48. The molecule has 0 bridgehead atoms. The fourth-order valence-corrected chi connectivity index (χ4v) is 4.47. The van der Waals surface area contributed by atoms with Crippen LogP contribution in [0.25, 0.3) is 0 Å². The monoisotopic (exact) mass is 333 g/mol. The van der Waals surface area contributed by atoms with E-state index < -0.39 is 0 Å². The van der Waals surface area contributed by atoms with Crippen LogP contribution in [0.3, 0.4) is 0 Å². The highest BCUT2D eigenvalue weighted by molar-refractivity contribution is 8.00. The summed E-state index contributed by atoms with van der Waals surface area (Å²) < 4.78 is 0. The molecule has 0 aromatic carbocycles. The lowest BCUT2D eigenvalue weighted by atomic mass is 10.1.